The zero-order valence-corrected chi connectivity index (χ0v) is 16.5. The highest BCUT2D eigenvalue weighted by atomic mass is 19.4. The SMILES string of the molecule is CCOc1ccc(OCCNC(=O)CN(C)Cc2ccc(C(F)(F)F)cc2)cc1. The molecule has 8 heteroatoms. The van der Waals surface area contributed by atoms with Gasteiger partial charge in [0.25, 0.3) is 0 Å². The van der Waals surface area contributed by atoms with E-state index in [1.807, 2.05) is 19.1 Å². The van der Waals surface area contributed by atoms with Crippen LogP contribution in [0.4, 0.5) is 13.2 Å². The van der Waals surface area contributed by atoms with Gasteiger partial charge in [-0.1, -0.05) is 12.1 Å². The van der Waals surface area contributed by atoms with Gasteiger partial charge in [0.2, 0.25) is 5.91 Å². The lowest BCUT2D eigenvalue weighted by atomic mass is 10.1. The van der Waals surface area contributed by atoms with Crippen molar-refractivity contribution < 1.29 is 27.4 Å². The molecule has 1 N–H and O–H groups in total. The molecule has 1 amide bonds. The van der Waals surface area contributed by atoms with E-state index in [4.69, 9.17) is 9.47 Å². The number of rotatable bonds is 10. The van der Waals surface area contributed by atoms with E-state index in [-0.39, 0.29) is 12.5 Å². The van der Waals surface area contributed by atoms with E-state index < -0.39 is 11.7 Å². The van der Waals surface area contributed by atoms with Gasteiger partial charge in [-0.15, -0.1) is 0 Å². The monoisotopic (exact) mass is 410 g/mol. The summed E-state index contributed by atoms with van der Waals surface area (Å²) in [5, 5.41) is 2.75. The third kappa shape index (κ3) is 8.03. The summed E-state index contributed by atoms with van der Waals surface area (Å²) < 4.78 is 48.6. The Balaban J connectivity index is 1.66. The quantitative estimate of drug-likeness (QED) is 0.607. The van der Waals surface area contributed by atoms with Crippen molar-refractivity contribution in [1.82, 2.24) is 10.2 Å². The molecule has 0 aromatic heterocycles. The van der Waals surface area contributed by atoms with Crippen molar-refractivity contribution >= 4 is 5.91 Å². The Morgan fingerprint density at radius 1 is 1.00 bits per heavy atom. The van der Waals surface area contributed by atoms with Crippen molar-refractivity contribution in [1.29, 1.82) is 0 Å². The van der Waals surface area contributed by atoms with Crippen LogP contribution in [0.3, 0.4) is 0 Å². The molecule has 158 valence electrons. The average molecular weight is 410 g/mol. The van der Waals surface area contributed by atoms with Gasteiger partial charge in [-0.25, -0.2) is 0 Å². The third-order valence-electron chi connectivity index (χ3n) is 3.97. The number of alkyl halides is 3. The van der Waals surface area contributed by atoms with Gasteiger partial charge >= 0.3 is 6.18 Å². The zero-order valence-electron chi connectivity index (χ0n) is 16.5. The van der Waals surface area contributed by atoms with Crippen molar-refractivity contribution in [2.45, 2.75) is 19.6 Å². The molecule has 0 heterocycles. The molecular formula is C21H25F3N2O3. The fourth-order valence-electron chi connectivity index (χ4n) is 2.63. The Kier molecular flexibility index (Phi) is 8.33. The second kappa shape index (κ2) is 10.7. The Morgan fingerprint density at radius 3 is 2.14 bits per heavy atom. The van der Waals surface area contributed by atoms with E-state index in [0.717, 1.165) is 17.9 Å². The molecule has 2 aromatic carbocycles. The van der Waals surface area contributed by atoms with Crippen molar-refractivity contribution in [3.63, 3.8) is 0 Å². The summed E-state index contributed by atoms with van der Waals surface area (Å²) in [4.78, 5) is 13.7. The van der Waals surface area contributed by atoms with Gasteiger partial charge in [0.1, 0.15) is 18.1 Å². The number of nitrogens with one attached hydrogen (secondary N) is 1. The maximum Gasteiger partial charge on any atom is 0.416 e. The van der Waals surface area contributed by atoms with Crippen LogP contribution in [0.5, 0.6) is 11.5 Å². The lowest BCUT2D eigenvalue weighted by Gasteiger charge is -2.17. The molecule has 0 atom stereocenters. The minimum Gasteiger partial charge on any atom is -0.494 e. The number of nitrogens with zero attached hydrogens (tertiary/aromatic N) is 1. The van der Waals surface area contributed by atoms with E-state index in [9.17, 15) is 18.0 Å². The second-order valence-electron chi connectivity index (χ2n) is 6.47. The fourth-order valence-corrected chi connectivity index (χ4v) is 2.63. The van der Waals surface area contributed by atoms with Crippen LogP contribution in [0.15, 0.2) is 48.5 Å². The highest BCUT2D eigenvalue weighted by molar-refractivity contribution is 5.77. The molecule has 0 spiro atoms. The standard InChI is InChI=1S/C21H25F3N2O3/c1-3-28-18-8-10-19(11-9-18)29-13-12-25-20(27)15-26(2)14-16-4-6-17(7-5-16)21(22,23)24/h4-11H,3,12-15H2,1-2H3,(H,25,27). The van der Waals surface area contributed by atoms with Crippen molar-refractivity contribution in [3.05, 3.63) is 59.7 Å². The molecule has 0 aliphatic rings. The van der Waals surface area contributed by atoms with E-state index >= 15 is 0 Å². The van der Waals surface area contributed by atoms with E-state index in [2.05, 4.69) is 5.32 Å². The maximum atomic E-state index is 12.6. The number of halogens is 3. The summed E-state index contributed by atoms with van der Waals surface area (Å²) in [7, 11) is 1.73. The van der Waals surface area contributed by atoms with Crippen LogP contribution >= 0.6 is 0 Å². The Hall–Kier alpha value is -2.74. The summed E-state index contributed by atoms with van der Waals surface area (Å²) >= 11 is 0. The lowest BCUT2D eigenvalue weighted by molar-refractivity contribution is -0.137. The second-order valence-corrected chi connectivity index (χ2v) is 6.47. The van der Waals surface area contributed by atoms with Crippen LogP contribution in [0.25, 0.3) is 0 Å². The smallest absolute Gasteiger partial charge is 0.416 e. The number of benzene rings is 2. The molecular weight excluding hydrogens is 385 g/mol. The van der Waals surface area contributed by atoms with Crippen LogP contribution < -0.4 is 14.8 Å². The number of likely N-dealkylation sites (N-methyl/N-ethyl adjacent to an activating group) is 1. The van der Waals surface area contributed by atoms with Crippen LogP contribution in [0, 0.1) is 0 Å². The predicted molar refractivity (Wildman–Crippen MR) is 104 cm³/mol. The van der Waals surface area contributed by atoms with Crippen LogP contribution in [0.1, 0.15) is 18.1 Å². The number of carbonyl (C=O) groups excluding carboxylic acids is 1. The molecule has 2 rings (SSSR count). The number of carbonyl (C=O) groups is 1. The van der Waals surface area contributed by atoms with E-state index in [0.29, 0.717) is 37.6 Å². The van der Waals surface area contributed by atoms with Crippen LogP contribution in [0.2, 0.25) is 0 Å². The van der Waals surface area contributed by atoms with Crippen molar-refractivity contribution in [2.24, 2.45) is 0 Å². The van der Waals surface area contributed by atoms with Crippen molar-refractivity contribution in [2.75, 3.05) is 33.4 Å². The molecule has 0 aliphatic carbocycles. The number of hydrogen-bond donors (Lipinski definition) is 1. The summed E-state index contributed by atoms with van der Waals surface area (Å²) in [6, 6.07) is 12.1. The molecule has 0 saturated heterocycles. The first-order chi connectivity index (χ1) is 13.8. The first kappa shape index (κ1) is 22.5. The van der Waals surface area contributed by atoms with E-state index in [1.165, 1.54) is 12.1 Å². The Morgan fingerprint density at radius 2 is 1.59 bits per heavy atom. The summed E-state index contributed by atoms with van der Waals surface area (Å²) in [6.45, 7) is 3.68. The molecule has 29 heavy (non-hydrogen) atoms. The van der Waals surface area contributed by atoms with Gasteiger partial charge in [-0.3, -0.25) is 9.69 Å². The van der Waals surface area contributed by atoms with Crippen LogP contribution in [-0.4, -0.2) is 44.2 Å². The topological polar surface area (TPSA) is 50.8 Å². The minimum absolute atomic E-state index is 0.129. The molecule has 0 aliphatic heterocycles. The van der Waals surface area contributed by atoms with E-state index in [1.54, 1.807) is 24.1 Å². The molecule has 0 unspecified atom stereocenters. The zero-order chi connectivity index (χ0) is 21.3. The first-order valence-corrected chi connectivity index (χ1v) is 9.25. The van der Waals surface area contributed by atoms with Gasteiger partial charge < -0.3 is 14.8 Å². The lowest BCUT2D eigenvalue weighted by Crippen LogP contribution is -2.36. The largest absolute Gasteiger partial charge is 0.494 e. The molecule has 5 nitrogen and oxygen atoms in total. The number of hydrogen-bond acceptors (Lipinski definition) is 4. The minimum atomic E-state index is -4.35. The summed E-state index contributed by atoms with van der Waals surface area (Å²) in [5.41, 5.74) is 0.0151. The van der Waals surface area contributed by atoms with Gasteiger partial charge in [0.05, 0.1) is 25.3 Å². The molecule has 2 aromatic rings. The molecule has 0 fully saturated rings. The molecule has 0 radical (unpaired) electrons. The third-order valence-corrected chi connectivity index (χ3v) is 3.97. The number of amides is 1. The van der Waals surface area contributed by atoms with Gasteiger partial charge in [-0.2, -0.15) is 13.2 Å². The van der Waals surface area contributed by atoms with Crippen LogP contribution in [-0.2, 0) is 17.5 Å². The maximum absolute atomic E-state index is 12.6. The highest BCUT2D eigenvalue weighted by Gasteiger charge is 2.29. The van der Waals surface area contributed by atoms with Gasteiger partial charge in [0, 0.05) is 6.54 Å². The predicted octanol–water partition coefficient (Wildman–Crippen LogP) is 3.73. The molecule has 0 saturated carbocycles. The number of ether oxygens (including phenoxy) is 2. The highest BCUT2D eigenvalue weighted by Crippen LogP contribution is 2.29. The fraction of sp³-hybridized carbons (Fsp3) is 0.381. The first-order valence-electron chi connectivity index (χ1n) is 9.25. The van der Waals surface area contributed by atoms with Gasteiger partial charge in [0.15, 0.2) is 0 Å². The normalized spacial score (nSPS) is 11.4. The Bertz CT molecular complexity index is 762. The average Bonchev–Trinajstić information content (AvgIpc) is 2.66. The van der Waals surface area contributed by atoms with Gasteiger partial charge in [-0.05, 0) is 55.9 Å². The molecule has 0 bridgehead atoms. The summed E-state index contributed by atoms with van der Waals surface area (Å²) in [6.07, 6.45) is -4.35. The van der Waals surface area contributed by atoms with Crippen molar-refractivity contribution in [3.8, 4) is 11.5 Å². The Labute approximate surface area is 168 Å². The summed E-state index contributed by atoms with van der Waals surface area (Å²) in [5.74, 6) is 1.26.